The molecule has 0 bridgehead atoms. The van der Waals surface area contributed by atoms with Crippen LogP contribution in [0.3, 0.4) is 0 Å². The zero-order valence-electron chi connectivity index (χ0n) is 13.2. The van der Waals surface area contributed by atoms with Gasteiger partial charge in [0.1, 0.15) is 5.75 Å². The van der Waals surface area contributed by atoms with Gasteiger partial charge in [-0.25, -0.2) is 0 Å². The standard InChI is InChI=1S/C18H26O2/c1-5-20-16-11-12(2)17(14(4)13(16)3)18(19)15-9-7-6-8-10-15/h11,15H,5-10H2,1-4H3. The Morgan fingerprint density at radius 2 is 1.80 bits per heavy atom. The topological polar surface area (TPSA) is 26.3 Å². The first-order chi connectivity index (χ1) is 9.56. The molecule has 1 aliphatic rings. The molecule has 0 N–H and O–H groups in total. The van der Waals surface area contributed by atoms with Crippen molar-refractivity contribution in [1.82, 2.24) is 0 Å². The van der Waals surface area contributed by atoms with Crippen LogP contribution in [0.1, 0.15) is 66.1 Å². The smallest absolute Gasteiger partial charge is 0.166 e. The monoisotopic (exact) mass is 274 g/mol. The van der Waals surface area contributed by atoms with E-state index < -0.39 is 0 Å². The minimum atomic E-state index is 0.235. The van der Waals surface area contributed by atoms with E-state index in [9.17, 15) is 4.79 Å². The van der Waals surface area contributed by atoms with Crippen LogP contribution >= 0.6 is 0 Å². The van der Waals surface area contributed by atoms with E-state index >= 15 is 0 Å². The van der Waals surface area contributed by atoms with Gasteiger partial charge in [-0.05, 0) is 63.3 Å². The van der Waals surface area contributed by atoms with Crippen LogP contribution in [-0.2, 0) is 0 Å². The number of hydrogen-bond donors (Lipinski definition) is 0. The average molecular weight is 274 g/mol. The van der Waals surface area contributed by atoms with Crippen molar-refractivity contribution in [2.45, 2.75) is 59.8 Å². The summed E-state index contributed by atoms with van der Waals surface area (Å²) in [6.45, 7) is 8.80. The predicted octanol–water partition coefficient (Wildman–Crippen LogP) is 4.77. The van der Waals surface area contributed by atoms with Crippen molar-refractivity contribution in [2.75, 3.05) is 6.61 Å². The van der Waals surface area contributed by atoms with Gasteiger partial charge in [-0.2, -0.15) is 0 Å². The van der Waals surface area contributed by atoms with Gasteiger partial charge < -0.3 is 4.74 Å². The molecule has 0 saturated heterocycles. The summed E-state index contributed by atoms with van der Waals surface area (Å²) < 4.78 is 5.67. The van der Waals surface area contributed by atoms with Gasteiger partial charge in [-0.15, -0.1) is 0 Å². The second-order valence-electron chi connectivity index (χ2n) is 5.95. The van der Waals surface area contributed by atoms with Crippen LogP contribution in [0.25, 0.3) is 0 Å². The summed E-state index contributed by atoms with van der Waals surface area (Å²) in [5.41, 5.74) is 4.21. The second kappa shape index (κ2) is 6.43. The Kier molecular flexibility index (Phi) is 4.85. The zero-order valence-corrected chi connectivity index (χ0v) is 13.2. The molecule has 0 amide bonds. The molecule has 20 heavy (non-hydrogen) atoms. The fraction of sp³-hybridized carbons (Fsp3) is 0.611. The first kappa shape index (κ1) is 15.1. The number of rotatable bonds is 4. The third-order valence-electron chi connectivity index (χ3n) is 4.57. The maximum Gasteiger partial charge on any atom is 0.166 e. The molecule has 0 radical (unpaired) electrons. The first-order valence-corrected chi connectivity index (χ1v) is 7.84. The fourth-order valence-electron chi connectivity index (χ4n) is 3.30. The lowest BCUT2D eigenvalue weighted by atomic mass is 9.81. The fourth-order valence-corrected chi connectivity index (χ4v) is 3.30. The largest absolute Gasteiger partial charge is 0.494 e. The molecular weight excluding hydrogens is 248 g/mol. The Morgan fingerprint density at radius 3 is 2.40 bits per heavy atom. The number of benzene rings is 1. The molecule has 1 fully saturated rings. The van der Waals surface area contributed by atoms with E-state index in [1.165, 1.54) is 19.3 Å². The SMILES string of the molecule is CCOc1cc(C)c(C(=O)C2CCCCC2)c(C)c1C. The number of hydrogen-bond acceptors (Lipinski definition) is 2. The summed E-state index contributed by atoms with van der Waals surface area (Å²) in [5, 5.41) is 0. The van der Waals surface area contributed by atoms with Gasteiger partial charge in [-0.3, -0.25) is 4.79 Å². The molecule has 0 aromatic heterocycles. The summed E-state index contributed by atoms with van der Waals surface area (Å²) in [5.74, 6) is 1.51. The van der Waals surface area contributed by atoms with E-state index in [4.69, 9.17) is 4.74 Å². The van der Waals surface area contributed by atoms with Gasteiger partial charge in [0.15, 0.2) is 5.78 Å². The van der Waals surface area contributed by atoms with Crippen LogP contribution < -0.4 is 4.74 Å². The Labute approximate surface area is 122 Å². The van der Waals surface area contributed by atoms with E-state index in [2.05, 4.69) is 13.8 Å². The zero-order chi connectivity index (χ0) is 14.7. The molecule has 1 aromatic rings. The third kappa shape index (κ3) is 2.89. The Bertz CT molecular complexity index is 497. The quantitative estimate of drug-likeness (QED) is 0.739. The number of ketones is 1. The normalized spacial score (nSPS) is 16.2. The minimum absolute atomic E-state index is 0.235. The lowest BCUT2D eigenvalue weighted by molar-refractivity contribution is 0.0888. The highest BCUT2D eigenvalue weighted by atomic mass is 16.5. The van der Waals surface area contributed by atoms with E-state index in [-0.39, 0.29) is 5.92 Å². The number of aryl methyl sites for hydroxylation is 1. The van der Waals surface area contributed by atoms with Gasteiger partial charge in [0.25, 0.3) is 0 Å². The molecular formula is C18H26O2. The minimum Gasteiger partial charge on any atom is -0.494 e. The molecule has 1 aliphatic carbocycles. The molecule has 2 nitrogen and oxygen atoms in total. The van der Waals surface area contributed by atoms with Crippen molar-refractivity contribution in [1.29, 1.82) is 0 Å². The second-order valence-corrected chi connectivity index (χ2v) is 5.95. The lowest BCUT2D eigenvalue weighted by Crippen LogP contribution is -2.20. The van der Waals surface area contributed by atoms with Crippen molar-refractivity contribution in [2.24, 2.45) is 5.92 Å². The highest BCUT2D eigenvalue weighted by Crippen LogP contribution is 2.33. The van der Waals surface area contributed by atoms with Crippen molar-refractivity contribution < 1.29 is 9.53 Å². The van der Waals surface area contributed by atoms with E-state index in [0.29, 0.717) is 12.4 Å². The predicted molar refractivity (Wildman–Crippen MR) is 82.7 cm³/mol. The summed E-state index contributed by atoms with van der Waals surface area (Å²) in [6.07, 6.45) is 5.80. The van der Waals surface area contributed by atoms with Crippen molar-refractivity contribution in [3.63, 3.8) is 0 Å². The van der Waals surface area contributed by atoms with Crippen LogP contribution in [0, 0.1) is 26.7 Å². The number of carbonyl (C=O) groups excluding carboxylic acids is 1. The van der Waals surface area contributed by atoms with E-state index in [1.54, 1.807) is 0 Å². The van der Waals surface area contributed by atoms with Crippen molar-refractivity contribution >= 4 is 5.78 Å². The summed E-state index contributed by atoms with van der Waals surface area (Å²) in [6, 6.07) is 2.03. The van der Waals surface area contributed by atoms with Crippen LogP contribution in [-0.4, -0.2) is 12.4 Å². The van der Waals surface area contributed by atoms with Crippen LogP contribution in [0.2, 0.25) is 0 Å². The van der Waals surface area contributed by atoms with Crippen LogP contribution in [0.15, 0.2) is 6.07 Å². The maximum absolute atomic E-state index is 12.8. The molecule has 110 valence electrons. The average Bonchev–Trinajstić information content (AvgIpc) is 2.45. The summed E-state index contributed by atoms with van der Waals surface area (Å²) >= 11 is 0. The van der Waals surface area contributed by atoms with E-state index in [1.807, 2.05) is 19.9 Å². The molecule has 1 aromatic carbocycles. The van der Waals surface area contributed by atoms with Crippen LogP contribution in [0.5, 0.6) is 5.75 Å². The molecule has 0 spiro atoms. The van der Waals surface area contributed by atoms with E-state index in [0.717, 1.165) is 40.8 Å². The Morgan fingerprint density at radius 1 is 1.15 bits per heavy atom. The molecule has 0 heterocycles. The molecule has 0 aliphatic heterocycles. The van der Waals surface area contributed by atoms with Crippen molar-refractivity contribution in [3.05, 3.63) is 28.3 Å². The Balaban J connectivity index is 2.36. The van der Waals surface area contributed by atoms with Crippen LogP contribution in [0.4, 0.5) is 0 Å². The van der Waals surface area contributed by atoms with Gasteiger partial charge in [0.2, 0.25) is 0 Å². The lowest BCUT2D eigenvalue weighted by Gasteiger charge is -2.23. The van der Waals surface area contributed by atoms with Gasteiger partial charge in [-0.1, -0.05) is 19.3 Å². The number of Topliss-reactive ketones (excluding diaryl/α,β-unsaturated/α-hetero) is 1. The van der Waals surface area contributed by atoms with Crippen molar-refractivity contribution in [3.8, 4) is 5.75 Å². The molecule has 1 saturated carbocycles. The summed E-state index contributed by atoms with van der Waals surface area (Å²) in [4.78, 5) is 12.8. The maximum atomic E-state index is 12.8. The molecule has 0 atom stereocenters. The number of ether oxygens (including phenoxy) is 1. The molecule has 2 heteroatoms. The Hall–Kier alpha value is -1.31. The molecule has 2 rings (SSSR count). The highest BCUT2D eigenvalue weighted by Gasteiger charge is 2.26. The first-order valence-electron chi connectivity index (χ1n) is 7.84. The summed E-state index contributed by atoms with van der Waals surface area (Å²) in [7, 11) is 0. The molecule has 0 unspecified atom stereocenters. The highest BCUT2D eigenvalue weighted by molar-refractivity contribution is 6.01. The number of carbonyl (C=O) groups is 1. The van der Waals surface area contributed by atoms with Gasteiger partial charge >= 0.3 is 0 Å². The third-order valence-corrected chi connectivity index (χ3v) is 4.57. The van der Waals surface area contributed by atoms with Gasteiger partial charge in [0, 0.05) is 11.5 Å². The van der Waals surface area contributed by atoms with Gasteiger partial charge in [0.05, 0.1) is 6.61 Å².